The number of esters is 1. The van der Waals surface area contributed by atoms with Gasteiger partial charge in [0.15, 0.2) is 6.61 Å². The molecule has 7 heteroatoms. The second kappa shape index (κ2) is 11.5. The van der Waals surface area contributed by atoms with Gasteiger partial charge in [-0.1, -0.05) is 23.7 Å². The monoisotopic (exact) mass is 407 g/mol. The zero-order valence-electron chi connectivity index (χ0n) is 15.1. The molecule has 2 aromatic carbocycles. The number of thioether (sulfide) groups is 1. The lowest BCUT2D eigenvalue weighted by Gasteiger charge is -2.07. The second-order valence-corrected chi connectivity index (χ2v) is 7.07. The second-order valence-electron chi connectivity index (χ2n) is 5.58. The number of carbonyl (C=O) groups excluding carboxylic acids is 2. The highest BCUT2D eigenvalue weighted by Crippen LogP contribution is 2.21. The van der Waals surface area contributed by atoms with Crippen molar-refractivity contribution in [3.8, 4) is 5.75 Å². The summed E-state index contributed by atoms with van der Waals surface area (Å²) >= 11 is 7.26. The van der Waals surface area contributed by atoms with Crippen molar-refractivity contribution >= 4 is 35.2 Å². The molecule has 0 aromatic heterocycles. The average molecular weight is 408 g/mol. The van der Waals surface area contributed by atoms with E-state index in [1.54, 1.807) is 6.07 Å². The molecule has 0 aliphatic heterocycles. The molecule has 1 N–H and O–H groups in total. The summed E-state index contributed by atoms with van der Waals surface area (Å²) in [6.07, 6.45) is 0.661. The molecule has 0 unspecified atom stereocenters. The highest BCUT2D eigenvalue weighted by atomic mass is 35.5. The standard InChI is InChI=1S/C20H22ClNO4S/c1-2-25-17-6-8-18(9-7-17)27-14-20(24)26-13-19(23)22-11-10-15-4-3-5-16(21)12-15/h3-9,12H,2,10-11,13-14H2,1H3,(H,22,23). The Morgan fingerprint density at radius 3 is 2.63 bits per heavy atom. The van der Waals surface area contributed by atoms with Gasteiger partial charge in [0.1, 0.15) is 5.75 Å². The number of carbonyl (C=O) groups is 2. The van der Waals surface area contributed by atoms with E-state index in [4.69, 9.17) is 21.1 Å². The van der Waals surface area contributed by atoms with Crippen molar-refractivity contribution in [2.24, 2.45) is 0 Å². The summed E-state index contributed by atoms with van der Waals surface area (Å²) in [4.78, 5) is 24.4. The molecular weight excluding hydrogens is 386 g/mol. The Kier molecular flexibility index (Phi) is 9.01. The van der Waals surface area contributed by atoms with Crippen molar-refractivity contribution in [1.29, 1.82) is 0 Å². The third kappa shape index (κ3) is 8.37. The molecule has 0 bridgehead atoms. The molecule has 0 aliphatic carbocycles. The lowest BCUT2D eigenvalue weighted by Crippen LogP contribution is -2.30. The molecule has 27 heavy (non-hydrogen) atoms. The molecule has 0 spiro atoms. The van der Waals surface area contributed by atoms with Crippen molar-refractivity contribution < 1.29 is 19.1 Å². The van der Waals surface area contributed by atoms with Crippen LogP contribution in [0.5, 0.6) is 5.75 Å². The van der Waals surface area contributed by atoms with Crippen LogP contribution >= 0.6 is 23.4 Å². The summed E-state index contributed by atoms with van der Waals surface area (Å²) in [6, 6.07) is 14.9. The first-order valence-electron chi connectivity index (χ1n) is 8.59. The Hall–Kier alpha value is -2.18. The normalized spacial score (nSPS) is 10.3. The number of amides is 1. The molecular formula is C20H22ClNO4S. The van der Waals surface area contributed by atoms with Crippen LogP contribution in [0.4, 0.5) is 0 Å². The molecule has 0 atom stereocenters. The minimum absolute atomic E-state index is 0.143. The summed E-state index contributed by atoms with van der Waals surface area (Å²) in [5.41, 5.74) is 1.03. The molecule has 2 aromatic rings. The maximum absolute atomic E-state index is 11.8. The largest absolute Gasteiger partial charge is 0.494 e. The molecule has 144 valence electrons. The van der Waals surface area contributed by atoms with Crippen LogP contribution in [0.15, 0.2) is 53.4 Å². The van der Waals surface area contributed by atoms with E-state index in [0.717, 1.165) is 16.2 Å². The van der Waals surface area contributed by atoms with Crippen molar-refractivity contribution in [3.63, 3.8) is 0 Å². The maximum atomic E-state index is 11.8. The van der Waals surface area contributed by atoms with E-state index in [2.05, 4.69) is 5.32 Å². The quantitative estimate of drug-likeness (QED) is 0.480. The summed E-state index contributed by atoms with van der Waals surface area (Å²) in [7, 11) is 0. The van der Waals surface area contributed by atoms with Gasteiger partial charge in [0.2, 0.25) is 0 Å². The van der Waals surface area contributed by atoms with E-state index in [9.17, 15) is 9.59 Å². The summed E-state index contributed by atoms with van der Waals surface area (Å²) in [6.45, 7) is 2.71. The van der Waals surface area contributed by atoms with Crippen LogP contribution in [-0.4, -0.2) is 37.4 Å². The Morgan fingerprint density at radius 1 is 1.15 bits per heavy atom. The third-order valence-corrected chi connectivity index (χ3v) is 4.70. The van der Waals surface area contributed by atoms with E-state index in [1.165, 1.54) is 11.8 Å². The van der Waals surface area contributed by atoms with Gasteiger partial charge >= 0.3 is 5.97 Å². The predicted molar refractivity (Wildman–Crippen MR) is 107 cm³/mol. The van der Waals surface area contributed by atoms with Gasteiger partial charge in [-0.05, 0) is 55.3 Å². The number of benzene rings is 2. The van der Waals surface area contributed by atoms with Crippen LogP contribution in [-0.2, 0) is 20.7 Å². The fraction of sp³-hybridized carbons (Fsp3) is 0.300. The van der Waals surface area contributed by atoms with Crippen LogP contribution < -0.4 is 10.1 Å². The third-order valence-electron chi connectivity index (χ3n) is 3.48. The highest BCUT2D eigenvalue weighted by Gasteiger charge is 2.08. The van der Waals surface area contributed by atoms with Crippen LogP contribution in [0, 0.1) is 0 Å². The van der Waals surface area contributed by atoms with Crippen LogP contribution in [0.2, 0.25) is 5.02 Å². The van der Waals surface area contributed by atoms with Gasteiger partial charge in [-0.25, -0.2) is 0 Å². The van der Waals surface area contributed by atoms with Crippen molar-refractivity contribution in [1.82, 2.24) is 5.32 Å². The fourth-order valence-electron chi connectivity index (χ4n) is 2.22. The number of rotatable bonds is 10. The Morgan fingerprint density at radius 2 is 1.93 bits per heavy atom. The molecule has 0 fully saturated rings. The van der Waals surface area contributed by atoms with E-state index in [-0.39, 0.29) is 18.3 Å². The Labute approximate surface area is 168 Å². The van der Waals surface area contributed by atoms with Crippen LogP contribution in [0.3, 0.4) is 0 Å². The first-order valence-corrected chi connectivity index (χ1v) is 9.95. The molecule has 0 aliphatic rings. The van der Waals surface area contributed by atoms with Gasteiger partial charge in [0.25, 0.3) is 5.91 Å². The first kappa shape index (κ1) is 21.1. The van der Waals surface area contributed by atoms with Crippen molar-refractivity contribution in [2.75, 3.05) is 25.5 Å². The summed E-state index contributed by atoms with van der Waals surface area (Å²) in [5.74, 6) is 0.179. The van der Waals surface area contributed by atoms with Crippen LogP contribution in [0.25, 0.3) is 0 Å². The Bertz CT molecular complexity index is 752. The van der Waals surface area contributed by atoms with Crippen molar-refractivity contribution in [2.45, 2.75) is 18.2 Å². The zero-order chi connectivity index (χ0) is 19.5. The minimum atomic E-state index is -0.432. The number of hydrogen-bond acceptors (Lipinski definition) is 5. The van der Waals surface area contributed by atoms with E-state index >= 15 is 0 Å². The number of ether oxygens (including phenoxy) is 2. The van der Waals surface area contributed by atoms with Gasteiger partial charge in [-0.2, -0.15) is 0 Å². The first-order chi connectivity index (χ1) is 13.1. The van der Waals surface area contributed by atoms with Gasteiger partial charge in [0.05, 0.1) is 12.4 Å². The number of nitrogens with one attached hydrogen (secondary N) is 1. The molecule has 0 saturated carbocycles. The smallest absolute Gasteiger partial charge is 0.316 e. The topological polar surface area (TPSA) is 64.6 Å². The average Bonchev–Trinajstić information content (AvgIpc) is 2.66. The minimum Gasteiger partial charge on any atom is -0.494 e. The lowest BCUT2D eigenvalue weighted by atomic mass is 10.1. The predicted octanol–water partition coefficient (Wildman–Crippen LogP) is 3.73. The fourth-order valence-corrected chi connectivity index (χ4v) is 3.13. The molecule has 2 rings (SSSR count). The Balaban J connectivity index is 1.60. The molecule has 5 nitrogen and oxygen atoms in total. The molecule has 0 radical (unpaired) electrons. The van der Waals surface area contributed by atoms with E-state index in [0.29, 0.717) is 24.6 Å². The van der Waals surface area contributed by atoms with Gasteiger partial charge in [-0.15, -0.1) is 11.8 Å². The number of hydrogen-bond donors (Lipinski definition) is 1. The van der Waals surface area contributed by atoms with Crippen molar-refractivity contribution in [3.05, 3.63) is 59.1 Å². The summed E-state index contributed by atoms with van der Waals surface area (Å²) < 4.78 is 10.4. The molecule has 1 amide bonds. The van der Waals surface area contributed by atoms with Crippen LogP contribution in [0.1, 0.15) is 12.5 Å². The summed E-state index contributed by atoms with van der Waals surface area (Å²) in [5, 5.41) is 3.38. The highest BCUT2D eigenvalue weighted by molar-refractivity contribution is 8.00. The molecule has 0 heterocycles. The van der Waals surface area contributed by atoms with E-state index in [1.807, 2.05) is 49.4 Å². The SMILES string of the molecule is CCOc1ccc(SCC(=O)OCC(=O)NCCc2cccc(Cl)c2)cc1. The maximum Gasteiger partial charge on any atom is 0.316 e. The van der Waals surface area contributed by atoms with Gasteiger partial charge in [-0.3, -0.25) is 9.59 Å². The van der Waals surface area contributed by atoms with Gasteiger partial charge < -0.3 is 14.8 Å². The van der Waals surface area contributed by atoms with Gasteiger partial charge in [0, 0.05) is 16.5 Å². The lowest BCUT2D eigenvalue weighted by molar-refractivity contribution is -0.145. The zero-order valence-corrected chi connectivity index (χ0v) is 16.6. The van der Waals surface area contributed by atoms with E-state index < -0.39 is 5.97 Å². The number of halogens is 1. The molecule has 0 saturated heterocycles.